The molecular weight excluding hydrogens is 234 g/mol. The maximum Gasteiger partial charge on any atom is 0.219 e. The lowest BCUT2D eigenvalue weighted by atomic mass is 9.81. The van der Waals surface area contributed by atoms with Gasteiger partial charge >= 0.3 is 0 Å². The zero-order valence-electron chi connectivity index (χ0n) is 13.0. The van der Waals surface area contributed by atoms with Gasteiger partial charge in [-0.25, -0.2) is 0 Å². The average Bonchev–Trinajstić information content (AvgIpc) is 2.35. The van der Waals surface area contributed by atoms with Gasteiger partial charge in [-0.2, -0.15) is 0 Å². The summed E-state index contributed by atoms with van der Waals surface area (Å²) in [5, 5.41) is 0. The normalized spacial score (nSPS) is 23.5. The van der Waals surface area contributed by atoms with Gasteiger partial charge in [-0.15, -0.1) is 0 Å². The van der Waals surface area contributed by atoms with Gasteiger partial charge in [0.2, 0.25) is 5.91 Å². The molecule has 1 aliphatic carbocycles. The van der Waals surface area contributed by atoms with E-state index >= 15 is 0 Å². The van der Waals surface area contributed by atoms with Crippen LogP contribution in [-0.4, -0.2) is 23.9 Å². The van der Waals surface area contributed by atoms with Gasteiger partial charge in [0.05, 0.1) is 0 Å². The molecule has 1 rings (SSSR count). The zero-order chi connectivity index (χ0) is 14.3. The number of rotatable bonds is 6. The Balaban J connectivity index is 2.45. The lowest BCUT2D eigenvalue weighted by molar-refractivity contribution is -0.128. The zero-order valence-corrected chi connectivity index (χ0v) is 13.0. The van der Waals surface area contributed by atoms with E-state index in [0.29, 0.717) is 5.92 Å². The summed E-state index contributed by atoms with van der Waals surface area (Å²) in [7, 11) is 0. The molecule has 0 spiro atoms. The number of amides is 1. The number of carbonyl (C=O) groups excluding carboxylic acids is 1. The summed E-state index contributed by atoms with van der Waals surface area (Å²) in [5.41, 5.74) is 1.52. The maximum atomic E-state index is 11.5. The number of hydrogen-bond acceptors (Lipinski definition) is 1. The first-order valence-corrected chi connectivity index (χ1v) is 7.62. The second-order valence-corrected chi connectivity index (χ2v) is 5.88. The maximum absolute atomic E-state index is 11.5. The lowest BCUT2D eigenvalue weighted by Gasteiger charge is -2.25. The van der Waals surface area contributed by atoms with Crippen molar-refractivity contribution >= 4 is 5.91 Å². The molecule has 1 amide bonds. The molecule has 0 aromatic heterocycles. The van der Waals surface area contributed by atoms with Crippen molar-refractivity contribution in [2.24, 2.45) is 11.8 Å². The first kappa shape index (κ1) is 16.0. The molecule has 0 radical (unpaired) electrons. The van der Waals surface area contributed by atoms with Gasteiger partial charge in [-0.3, -0.25) is 4.79 Å². The SMILES string of the molecule is CCCCN(C/C=C\C1CC=C(C)CC1C)C(C)=O. The minimum Gasteiger partial charge on any atom is -0.339 e. The van der Waals surface area contributed by atoms with Gasteiger partial charge in [0.1, 0.15) is 0 Å². The van der Waals surface area contributed by atoms with Gasteiger partial charge in [0.15, 0.2) is 0 Å². The van der Waals surface area contributed by atoms with Crippen molar-refractivity contribution in [2.75, 3.05) is 13.1 Å². The lowest BCUT2D eigenvalue weighted by Crippen LogP contribution is -2.30. The molecule has 108 valence electrons. The first-order valence-electron chi connectivity index (χ1n) is 7.62. The summed E-state index contributed by atoms with van der Waals surface area (Å²) in [6, 6.07) is 0. The standard InChI is InChI=1S/C17H29NO/c1-5-6-11-18(16(4)19)12-7-8-17-10-9-14(2)13-15(17)3/h7-9,15,17H,5-6,10-13H2,1-4H3/b8-7-. The van der Waals surface area contributed by atoms with Crippen molar-refractivity contribution in [3.05, 3.63) is 23.8 Å². The second kappa shape index (κ2) is 8.19. The molecule has 0 aromatic carbocycles. The third-order valence-corrected chi connectivity index (χ3v) is 4.05. The molecule has 0 saturated carbocycles. The van der Waals surface area contributed by atoms with E-state index in [0.717, 1.165) is 38.3 Å². The molecule has 2 heteroatoms. The third-order valence-electron chi connectivity index (χ3n) is 4.05. The predicted octanol–water partition coefficient (Wildman–Crippen LogP) is 4.18. The molecule has 2 nitrogen and oxygen atoms in total. The van der Waals surface area contributed by atoms with E-state index in [9.17, 15) is 4.79 Å². The molecular formula is C17H29NO. The fourth-order valence-electron chi connectivity index (χ4n) is 2.67. The smallest absolute Gasteiger partial charge is 0.219 e. The molecule has 2 unspecified atom stereocenters. The van der Waals surface area contributed by atoms with Crippen LogP contribution in [0.5, 0.6) is 0 Å². The Morgan fingerprint density at radius 3 is 2.84 bits per heavy atom. The average molecular weight is 263 g/mol. The summed E-state index contributed by atoms with van der Waals surface area (Å²) >= 11 is 0. The summed E-state index contributed by atoms with van der Waals surface area (Å²) in [5.74, 6) is 1.55. The second-order valence-electron chi connectivity index (χ2n) is 5.88. The van der Waals surface area contributed by atoms with E-state index in [-0.39, 0.29) is 5.91 Å². The van der Waals surface area contributed by atoms with Crippen molar-refractivity contribution in [2.45, 2.75) is 53.4 Å². The Hall–Kier alpha value is -1.05. The summed E-state index contributed by atoms with van der Waals surface area (Å²) in [6.07, 6.45) is 11.4. The van der Waals surface area contributed by atoms with Crippen LogP contribution in [0, 0.1) is 11.8 Å². The van der Waals surface area contributed by atoms with Crippen molar-refractivity contribution in [3.63, 3.8) is 0 Å². The minimum absolute atomic E-state index is 0.186. The molecule has 2 atom stereocenters. The highest BCUT2D eigenvalue weighted by atomic mass is 16.2. The van der Waals surface area contributed by atoms with Crippen molar-refractivity contribution < 1.29 is 4.79 Å². The van der Waals surface area contributed by atoms with Crippen LogP contribution in [0.4, 0.5) is 0 Å². The van der Waals surface area contributed by atoms with E-state index in [1.54, 1.807) is 6.92 Å². The van der Waals surface area contributed by atoms with E-state index in [4.69, 9.17) is 0 Å². The van der Waals surface area contributed by atoms with E-state index in [1.807, 2.05) is 4.90 Å². The number of unbranched alkanes of at least 4 members (excludes halogenated alkanes) is 1. The van der Waals surface area contributed by atoms with Crippen LogP contribution in [0.2, 0.25) is 0 Å². The van der Waals surface area contributed by atoms with Crippen LogP contribution in [0.3, 0.4) is 0 Å². The quantitative estimate of drug-likeness (QED) is 0.658. The molecule has 1 aliphatic rings. The molecule has 19 heavy (non-hydrogen) atoms. The molecule has 0 saturated heterocycles. The molecule has 0 N–H and O–H groups in total. The van der Waals surface area contributed by atoms with Gasteiger partial charge in [-0.1, -0.05) is 44.1 Å². The third kappa shape index (κ3) is 5.63. The largest absolute Gasteiger partial charge is 0.339 e. The first-order chi connectivity index (χ1) is 9.04. The predicted molar refractivity (Wildman–Crippen MR) is 81.9 cm³/mol. The van der Waals surface area contributed by atoms with Crippen LogP contribution in [0.1, 0.15) is 53.4 Å². The fraction of sp³-hybridized carbons (Fsp3) is 0.706. The Bertz CT molecular complexity index is 343. The topological polar surface area (TPSA) is 20.3 Å². The number of allylic oxidation sites excluding steroid dienone is 3. The Kier molecular flexibility index (Phi) is 6.90. The van der Waals surface area contributed by atoms with Crippen molar-refractivity contribution in [1.82, 2.24) is 4.90 Å². The number of carbonyl (C=O) groups is 1. The number of nitrogens with zero attached hydrogens (tertiary/aromatic N) is 1. The van der Waals surface area contributed by atoms with E-state index < -0.39 is 0 Å². The van der Waals surface area contributed by atoms with Gasteiger partial charge < -0.3 is 4.90 Å². The highest BCUT2D eigenvalue weighted by Crippen LogP contribution is 2.29. The molecule has 0 aliphatic heterocycles. The molecule has 0 fully saturated rings. The Morgan fingerprint density at radius 1 is 1.53 bits per heavy atom. The van der Waals surface area contributed by atoms with Crippen molar-refractivity contribution in [1.29, 1.82) is 0 Å². The van der Waals surface area contributed by atoms with Crippen LogP contribution in [-0.2, 0) is 4.79 Å². The van der Waals surface area contributed by atoms with Crippen LogP contribution >= 0.6 is 0 Å². The summed E-state index contributed by atoms with van der Waals surface area (Å²) in [6.45, 7) is 10.0. The Labute approximate surface area is 118 Å². The highest BCUT2D eigenvalue weighted by molar-refractivity contribution is 5.73. The van der Waals surface area contributed by atoms with Gasteiger partial charge in [0, 0.05) is 20.0 Å². The fourth-order valence-corrected chi connectivity index (χ4v) is 2.67. The van der Waals surface area contributed by atoms with E-state index in [1.165, 1.54) is 12.0 Å². The van der Waals surface area contributed by atoms with Crippen LogP contribution in [0.15, 0.2) is 23.8 Å². The van der Waals surface area contributed by atoms with Crippen LogP contribution in [0.25, 0.3) is 0 Å². The molecule has 0 bridgehead atoms. The minimum atomic E-state index is 0.186. The summed E-state index contributed by atoms with van der Waals surface area (Å²) < 4.78 is 0. The van der Waals surface area contributed by atoms with Gasteiger partial charge in [-0.05, 0) is 38.0 Å². The molecule has 0 aromatic rings. The number of hydrogen-bond donors (Lipinski definition) is 0. The van der Waals surface area contributed by atoms with Gasteiger partial charge in [0.25, 0.3) is 0 Å². The monoisotopic (exact) mass is 263 g/mol. The van der Waals surface area contributed by atoms with Crippen LogP contribution < -0.4 is 0 Å². The van der Waals surface area contributed by atoms with E-state index in [2.05, 4.69) is 39.0 Å². The summed E-state index contributed by atoms with van der Waals surface area (Å²) in [4.78, 5) is 13.5. The molecule has 0 heterocycles. The highest BCUT2D eigenvalue weighted by Gasteiger charge is 2.18. The Morgan fingerprint density at radius 2 is 2.26 bits per heavy atom. The van der Waals surface area contributed by atoms with Crippen molar-refractivity contribution in [3.8, 4) is 0 Å².